The van der Waals surface area contributed by atoms with Gasteiger partial charge in [0.1, 0.15) is 0 Å². The molecule has 4 aromatic rings. The largest absolute Gasteiger partial charge is 0.466 e. The summed E-state index contributed by atoms with van der Waals surface area (Å²) in [6.45, 7) is 13.5. The van der Waals surface area contributed by atoms with Crippen molar-refractivity contribution in [2.24, 2.45) is 10.8 Å². The summed E-state index contributed by atoms with van der Waals surface area (Å²) in [6, 6.07) is 4.61. The van der Waals surface area contributed by atoms with Gasteiger partial charge in [-0.05, 0) is 121 Å². The molecule has 2 N–H and O–H groups in total. The number of rotatable bonds is 14. The number of ether oxygens (including phenoxy) is 1. The molecule has 0 unspecified atom stereocenters. The van der Waals surface area contributed by atoms with Crippen molar-refractivity contribution in [3.05, 3.63) is 85.4 Å². The topological polar surface area (TPSA) is 127 Å². The van der Waals surface area contributed by atoms with Crippen molar-refractivity contribution in [2.75, 3.05) is 19.7 Å². The number of esters is 1. The van der Waals surface area contributed by atoms with E-state index in [0.717, 1.165) is 67.9 Å². The van der Waals surface area contributed by atoms with Crippen LogP contribution in [0.15, 0.2) is 28.0 Å². The van der Waals surface area contributed by atoms with Gasteiger partial charge in [-0.1, -0.05) is 5.11 Å². The molecular weight excluding hydrogens is 629 g/mol. The van der Waals surface area contributed by atoms with Crippen LogP contribution in [0.5, 0.6) is 0 Å². The van der Waals surface area contributed by atoms with Crippen molar-refractivity contribution in [3.8, 4) is 0 Å². The van der Waals surface area contributed by atoms with Gasteiger partial charge in [0.25, 0.3) is 0 Å². The molecule has 0 fully saturated rings. The lowest BCUT2D eigenvalue weighted by atomic mass is 10.1. The minimum absolute atomic E-state index is 0.211. The van der Waals surface area contributed by atoms with Crippen LogP contribution in [0.25, 0.3) is 10.4 Å². The maximum Gasteiger partial charge on any atom is 0.302 e. The van der Waals surface area contributed by atoms with E-state index in [9.17, 15) is 4.79 Å². The van der Waals surface area contributed by atoms with Gasteiger partial charge in [-0.25, -0.2) is 9.97 Å². The highest BCUT2D eigenvalue weighted by molar-refractivity contribution is 7.12. The highest BCUT2D eigenvalue weighted by Crippen LogP contribution is 2.26. The Kier molecular flexibility index (Phi) is 18.1. The predicted molar refractivity (Wildman–Crippen MR) is 189 cm³/mol. The zero-order chi connectivity index (χ0) is 32.3. The number of carbonyl (C=O) groups excluding carboxylic acids is 1. The van der Waals surface area contributed by atoms with E-state index in [1.165, 1.54) is 48.9 Å². The molecule has 4 heterocycles. The number of hydrogen-bond donors (Lipinski definition) is 1. The third-order valence-corrected chi connectivity index (χ3v) is 10.8. The van der Waals surface area contributed by atoms with Crippen LogP contribution in [0.3, 0.4) is 0 Å². The summed E-state index contributed by atoms with van der Waals surface area (Å²) in [7, 11) is 0. The van der Waals surface area contributed by atoms with Gasteiger partial charge < -0.3 is 10.5 Å². The lowest BCUT2D eigenvalue weighted by Crippen LogP contribution is -1.99. The molecule has 0 bridgehead atoms. The number of thiazole rings is 2. The zero-order valence-corrected chi connectivity index (χ0v) is 30.1. The van der Waals surface area contributed by atoms with Crippen LogP contribution >= 0.6 is 45.3 Å². The van der Waals surface area contributed by atoms with Crippen LogP contribution in [-0.2, 0) is 48.1 Å². The first kappa shape index (κ1) is 37.6. The summed E-state index contributed by atoms with van der Waals surface area (Å²) in [5, 5.41) is 10.2. The first-order chi connectivity index (χ1) is 21.1. The summed E-state index contributed by atoms with van der Waals surface area (Å²) in [6.07, 6.45) is 8.39. The number of nitrogens with two attached hydrogens (primary N) is 1. The Morgan fingerprint density at radius 3 is 1.73 bits per heavy atom. The van der Waals surface area contributed by atoms with E-state index in [4.69, 9.17) is 11.3 Å². The predicted octanol–water partition coefficient (Wildman–Crippen LogP) is 8.92. The third-order valence-electron chi connectivity index (χ3n) is 6.41. The number of carbonyl (C=O) groups is 1. The van der Waals surface area contributed by atoms with Gasteiger partial charge in [0.15, 0.2) is 0 Å². The number of aryl methyl sites for hydroxylation is 10. The maximum absolute atomic E-state index is 9.82. The minimum atomic E-state index is -0.211. The van der Waals surface area contributed by atoms with Crippen LogP contribution in [0.2, 0.25) is 0 Å². The normalized spacial score (nSPS) is 10.3. The van der Waals surface area contributed by atoms with Crippen molar-refractivity contribution in [1.82, 2.24) is 9.97 Å². The number of thiophene rings is 2. The molecule has 0 radical (unpaired) electrons. The minimum Gasteiger partial charge on any atom is -0.466 e. The van der Waals surface area contributed by atoms with E-state index >= 15 is 0 Å². The SMILES string of the molecule is CCOC(C)=O.Cc1nc(CCc2cc(C)c(CCCN)s2)cs1.Cc1nc(CCc2cc(C)c(CCCN=[N+]=[N-])s2)cs1. The van der Waals surface area contributed by atoms with Crippen molar-refractivity contribution < 1.29 is 9.53 Å². The van der Waals surface area contributed by atoms with Crippen molar-refractivity contribution in [3.63, 3.8) is 0 Å². The van der Waals surface area contributed by atoms with Gasteiger partial charge >= 0.3 is 5.97 Å². The lowest BCUT2D eigenvalue weighted by Gasteiger charge is -1.96. The van der Waals surface area contributed by atoms with Crippen LogP contribution in [0, 0.1) is 27.7 Å². The quantitative estimate of drug-likeness (QED) is 0.0470. The van der Waals surface area contributed by atoms with Crippen LogP contribution in [-0.4, -0.2) is 35.6 Å². The van der Waals surface area contributed by atoms with E-state index in [0.29, 0.717) is 13.2 Å². The second-order valence-electron chi connectivity index (χ2n) is 10.2. The Labute approximate surface area is 278 Å². The van der Waals surface area contributed by atoms with E-state index in [2.05, 4.69) is 68.4 Å². The molecule has 0 amide bonds. The van der Waals surface area contributed by atoms with Crippen LogP contribution in [0.1, 0.15) is 78.7 Å². The molecule has 0 saturated carbocycles. The molecule has 0 saturated heterocycles. The average molecular weight is 675 g/mol. The first-order valence-electron chi connectivity index (χ1n) is 15.0. The molecule has 0 atom stereocenters. The average Bonchev–Trinajstić information content (AvgIpc) is 3.76. The number of aromatic nitrogens is 2. The van der Waals surface area contributed by atoms with Gasteiger partial charge in [0, 0.05) is 48.6 Å². The van der Waals surface area contributed by atoms with Crippen molar-refractivity contribution >= 4 is 51.3 Å². The molecule has 0 aliphatic heterocycles. The molecule has 4 rings (SSSR count). The van der Waals surface area contributed by atoms with E-state index in [1.54, 1.807) is 29.6 Å². The number of nitrogens with zero attached hydrogens (tertiary/aromatic N) is 5. The third kappa shape index (κ3) is 14.9. The second-order valence-corrected chi connectivity index (χ2v) is 14.8. The molecular formula is C32H46N6O2S4. The lowest BCUT2D eigenvalue weighted by molar-refractivity contribution is -0.140. The monoisotopic (exact) mass is 674 g/mol. The molecule has 0 spiro atoms. The Morgan fingerprint density at radius 2 is 1.36 bits per heavy atom. The van der Waals surface area contributed by atoms with Gasteiger partial charge in [0.05, 0.1) is 28.0 Å². The number of azide groups is 1. The van der Waals surface area contributed by atoms with Crippen LogP contribution in [0.4, 0.5) is 0 Å². The Morgan fingerprint density at radius 1 is 0.864 bits per heavy atom. The van der Waals surface area contributed by atoms with E-state index in [1.807, 2.05) is 29.6 Å². The van der Waals surface area contributed by atoms with Crippen molar-refractivity contribution in [2.45, 2.75) is 92.9 Å². The maximum atomic E-state index is 9.82. The smallest absolute Gasteiger partial charge is 0.302 e. The van der Waals surface area contributed by atoms with Crippen molar-refractivity contribution in [1.29, 1.82) is 0 Å². The van der Waals surface area contributed by atoms with Gasteiger partial charge in [-0.15, -0.1) is 45.3 Å². The molecule has 240 valence electrons. The number of hydrogen-bond acceptors (Lipinski definition) is 10. The molecule has 0 aliphatic rings. The van der Waals surface area contributed by atoms with Gasteiger partial charge in [-0.2, -0.15) is 0 Å². The highest BCUT2D eigenvalue weighted by atomic mass is 32.1. The van der Waals surface area contributed by atoms with Gasteiger partial charge in [-0.3, -0.25) is 4.79 Å². The molecule has 8 nitrogen and oxygen atoms in total. The molecule has 0 aliphatic carbocycles. The summed E-state index contributed by atoms with van der Waals surface area (Å²) < 4.78 is 4.40. The fraction of sp³-hybridized carbons (Fsp3) is 0.531. The highest BCUT2D eigenvalue weighted by Gasteiger charge is 2.08. The van der Waals surface area contributed by atoms with E-state index < -0.39 is 0 Å². The Bertz CT molecular complexity index is 1450. The molecule has 12 heteroatoms. The second kappa shape index (κ2) is 21.2. The first-order valence-corrected chi connectivity index (χ1v) is 18.4. The fourth-order valence-electron chi connectivity index (χ4n) is 4.29. The van der Waals surface area contributed by atoms with E-state index in [-0.39, 0.29) is 5.97 Å². The summed E-state index contributed by atoms with van der Waals surface area (Å²) in [5.41, 5.74) is 19.0. The summed E-state index contributed by atoms with van der Waals surface area (Å²) >= 11 is 7.28. The zero-order valence-electron chi connectivity index (χ0n) is 26.9. The standard InChI is InChI=1S/C14H18N4S2.C14H20N2S2.C4H8O2/c1-10-8-13(6-5-12-9-19-11(2)17-12)20-14(10)4-3-7-16-18-15;1-10-8-13(18-14(10)4-3-7-15)6-5-12-9-17-11(2)16-12;1-3-6-4(2)5/h8-9H,3-7H2,1-2H3;8-9H,3-7,15H2,1-2H3;3H2,1-2H3. The Balaban J connectivity index is 0.000000261. The molecule has 44 heavy (non-hydrogen) atoms. The van der Waals surface area contributed by atoms with Crippen LogP contribution < -0.4 is 5.73 Å². The van der Waals surface area contributed by atoms with Gasteiger partial charge in [0.2, 0.25) is 0 Å². The summed E-state index contributed by atoms with van der Waals surface area (Å²) in [5.74, 6) is -0.211. The Hall–Kier alpha value is -2.60. The molecule has 4 aromatic heterocycles. The summed E-state index contributed by atoms with van der Waals surface area (Å²) in [4.78, 5) is 27.4. The molecule has 0 aromatic carbocycles. The fourth-order valence-corrected chi connectivity index (χ4v) is 8.03.